The molecule has 0 amide bonds. The van der Waals surface area contributed by atoms with Crippen molar-refractivity contribution in [1.29, 1.82) is 0 Å². The molecule has 2 aromatic carbocycles. The summed E-state index contributed by atoms with van der Waals surface area (Å²) in [6.45, 7) is -0.0583. The zero-order valence-electron chi connectivity index (χ0n) is 16.2. The van der Waals surface area contributed by atoms with Gasteiger partial charge in [-0.05, 0) is 35.4 Å². The van der Waals surface area contributed by atoms with Crippen molar-refractivity contribution >= 4 is 23.5 Å². The van der Waals surface area contributed by atoms with Crippen molar-refractivity contribution in [3.63, 3.8) is 0 Å². The quantitative estimate of drug-likeness (QED) is 0.535. The molecule has 1 atom stereocenters. The van der Waals surface area contributed by atoms with Crippen LogP contribution in [-0.4, -0.2) is 15.7 Å². The molecule has 0 saturated heterocycles. The van der Waals surface area contributed by atoms with Gasteiger partial charge in [0.15, 0.2) is 5.82 Å². The van der Waals surface area contributed by atoms with Crippen LogP contribution >= 0.6 is 11.6 Å². The standard InChI is InChI=1S/C21H16ClF5N4O/c22-15-8-13(9-17(19(15)24)31-6-5-18(29)30-20(31)32)14(21(25,26)27)4-2-11-1-3-12(10-28)16(23)7-11/h1-9,14H,10,28H2,(H2,29,30,32)/b4-2+. The molecule has 11 heteroatoms. The number of nitrogens with zero attached hydrogens (tertiary/aromatic N) is 2. The molecule has 3 aromatic rings. The Labute approximate surface area is 183 Å². The maximum absolute atomic E-state index is 14.6. The molecular formula is C21H16ClF5N4O. The Hall–Kier alpha value is -3.24. The van der Waals surface area contributed by atoms with Gasteiger partial charge in [-0.1, -0.05) is 35.9 Å². The summed E-state index contributed by atoms with van der Waals surface area (Å²) < 4.78 is 70.6. The van der Waals surface area contributed by atoms with Crippen LogP contribution in [0.5, 0.6) is 0 Å². The van der Waals surface area contributed by atoms with Gasteiger partial charge in [-0.25, -0.2) is 13.6 Å². The van der Waals surface area contributed by atoms with E-state index >= 15 is 0 Å². The minimum absolute atomic E-state index is 0.0583. The molecular weight excluding hydrogens is 455 g/mol. The molecule has 32 heavy (non-hydrogen) atoms. The number of nitrogens with two attached hydrogens (primary N) is 2. The number of aromatic nitrogens is 2. The Morgan fingerprint density at radius 3 is 2.47 bits per heavy atom. The topological polar surface area (TPSA) is 86.9 Å². The van der Waals surface area contributed by atoms with E-state index < -0.39 is 45.7 Å². The maximum Gasteiger partial charge on any atom is 0.399 e. The highest BCUT2D eigenvalue weighted by Crippen LogP contribution is 2.39. The van der Waals surface area contributed by atoms with Crippen LogP contribution in [0.3, 0.4) is 0 Å². The Morgan fingerprint density at radius 2 is 1.88 bits per heavy atom. The van der Waals surface area contributed by atoms with E-state index in [1.165, 1.54) is 18.2 Å². The second kappa shape index (κ2) is 9.09. The average Bonchev–Trinajstić information content (AvgIpc) is 2.70. The third kappa shape index (κ3) is 4.97. The van der Waals surface area contributed by atoms with E-state index in [4.69, 9.17) is 23.1 Å². The molecule has 0 aliphatic heterocycles. The lowest BCUT2D eigenvalue weighted by atomic mass is 9.96. The van der Waals surface area contributed by atoms with E-state index in [0.717, 1.165) is 36.5 Å². The molecule has 0 radical (unpaired) electrons. The number of hydrogen-bond donors (Lipinski definition) is 2. The van der Waals surface area contributed by atoms with Gasteiger partial charge >= 0.3 is 11.9 Å². The molecule has 1 heterocycles. The van der Waals surface area contributed by atoms with Crippen molar-refractivity contribution in [3.8, 4) is 5.69 Å². The lowest BCUT2D eigenvalue weighted by Crippen LogP contribution is -2.24. The number of anilines is 1. The summed E-state index contributed by atoms with van der Waals surface area (Å²) in [5.74, 6) is -4.12. The number of allylic oxidation sites excluding steroid dienone is 1. The molecule has 5 nitrogen and oxygen atoms in total. The number of alkyl halides is 3. The predicted octanol–water partition coefficient (Wildman–Crippen LogP) is 4.56. The van der Waals surface area contributed by atoms with Gasteiger partial charge in [-0.15, -0.1) is 0 Å². The fourth-order valence-corrected chi connectivity index (χ4v) is 3.22. The summed E-state index contributed by atoms with van der Waals surface area (Å²) in [7, 11) is 0. The summed E-state index contributed by atoms with van der Waals surface area (Å²) in [5.41, 5.74) is 9.21. The third-order valence-electron chi connectivity index (χ3n) is 4.61. The fourth-order valence-electron chi connectivity index (χ4n) is 3.00. The second-order valence-corrected chi connectivity index (χ2v) is 7.18. The Kier molecular flexibility index (Phi) is 6.65. The van der Waals surface area contributed by atoms with Gasteiger partial charge in [0.05, 0.1) is 16.6 Å². The molecule has 0 spiro atoms. The van der Waals surface area contributed by atoms with E-state index in [1.54, 1.807) is 0 Å². The van der Waals surface area contributed by atoms with Crippen LogP contribution in [-0.2, 0) is 6.54 Å². The monoisotopic (exact) mass is 470 g/mol. The van der Waals surface area contributed by atoms with E-state index in [9.17, 15) is 26.7 Å². The Bertz CT molecular complexity index is 1240. The lowest BCUT2D eigenvalue weighted by Gasteiger charge is -2.19. The van der Waals surface area contributed by atoms with Crippen LogP contribution in [0, 0.1) is 11.6 Å². The Balaban J connectivity index is 2.10. The van der Waals surface area contributed by atoms with Gasteiger partial charge < -0.3 is 11.5 Å². The first-order chi connectivity index (χ1) is 15.0. The third-order valence-corrected chi connectivity index (χ3v) is 4.88. The highest BCUT2D eigenvalue weighted by molar-refractivity contribution is 6.31. The smallest absolute Gasteiger partial charge is 0.383 e. The Morgan fingerprint density at radius 1 is 1.16 bits per heavy atom. The fraction of sp³-hybridized carbons (Fsp3) is 0.143. The number of halogens is 6. The zero-order chi connectivity index (χ0) is 23.6. The minimum Gasteiger partial charge on any atom is -0.383 e. The van der Waals surface area contributed by atoms with Crippen LogP contribution in [0.4, 0.5) is 27.8 Å². The molecule has 168 valence electrons. The van der Waals surface area contributed by atoms with Crippen LogP contribution < -0.4 is 17.2 Å². The van der Waals surface area contributed by atoms with E-state index in [2.05, 4.69) is 4.98 Å². The first-order valence-corrected chi connectivity index (χ1v) is 9.47. The van der Waals surface area contributed by atoms with Crippen molar-refractivity contribution in [3.05, 3.63) is 92.5 Å². The van der Waals surface area contributed by atoms with Gasteiger partial charge in [0.25, 0.3) is 0 Å². The summed E-state index contributed by atoms with van der Waals surface area (Å²) in [6, 6.07) is 6.68. The lowest BCUT2D eigenvalue weighted by molar-refractivity contribution is -0.139. The zero-order valence-corrected chi connectivity index (χ0v) is 17.0. The van der Waals surface area contributed by atoms with Crippen LogP contribution in [0.25, 0.3) is 11.8 Å². The van der Waals surface area contributed by atoms with Crippen LogP contribution in [0.1, 0.15) is 22.6 Å². The van der Waals surface area contributed by atoms with Crippen molar-refractivity contribution in [2.45, 2.75) is 18.6 Å². The van der Waals surface area contributed by atoms with Crippen molar-refractivity contribution in [2.24, 2.45) is 5.73 Å². The molecule has 1 aromatic heterocycles. The molecule has 0 bridgehead atoms. The molecule has 0 fully saturated rings. The largest absolute Gasteiger partial charge is 0.399 e. The van der Waals surface area contributed by atoms with E-state index in [1.807, 2.05) is 0 Å². The predicted molar refractivity (Wildman–Crippen MR) is 111 cm³/mol. The van der Waals surface area contributed by atoms with Crippen molar-refractivity contribution < 1.29 is 22.0 Å². The van der Waals surface area contributed by atoms with Crippen molar-refractivity contribution in [2.75, 3.05) is 5.73 Å². The van der Waals surface area contributed by atoms with Crippen LogP contribution in [0.2, 0.25) is 5.02 Å². The molecule has 0 saturated carbocycles. The van der Waals surface area contributed by atoms with Gasteiger partial charge in [0.2, 0.25) is 0 Å². The average molecular weight is 471 g/mol. The first-order valence-electron chi connectivity index (χ1n) is 9.09. The first kappa shape index (κ1) is 23.4. The number of rotatable bonds is 5. The molecule has 1 unspecified atom stereocenters. The summed E-state index contributed by atoms with van der Waals surface area (Å²) >= 11 is 5.83. The highest BCUT2D eigenvalue weighted by atomic mass is 35.5. The molecule has 3 rings (SSSR count). The normalized spacial score (nSPS) is 13.0. The SMILES string of the molecule is NCc1ccc(/C=C/C(c2cc(Cl)c(F)c(-n3ccc(N)nc3=O)c2)C(F)(F)F)cc1F. The maximum atomic E-state index is 14.6. The van der Waals surface area contributed by atoms with Gasteiger partial charge in [-0.3, -0.25) is 4.57 Å². The molecule has 0 aliphatic carbocycles. The number of nitrogen functional groups attached to an aromatic ring is 1. The van der Waals surface area contributed by atoms with E-state index in [-0.39, 0.29) is 23.5 Å². The summed E-state index contributed by atoms with van der Waals surface area (Å²) in [6.07, 6.45) is -1.86. The second-order valence-electron chi connectivity index (χ2n) is 6.77. The summed E-state index contributed by atoms with van der Waals surface area (Å²) in [4.78, 5) is 15.5. The highest BCUT2D eigenvalue weighted by Gasteiger charge is 2.39. The minimum atomic E-state index is -4.80. The number of benzene rings is 2. The summed E-state index contributed by atoms with van der Waals surface area (Å²) in [5, 5.41) is -0.623. The molecule has 0 aliphatic rings. The van der Waals surface area contributed by atoms with E-state index in [0.29, 0.717) is 4.57 Å². The van der Waals surface area contributed by atoms with Crippen molar-refractivity contribution in [1.82, 2.24) is 9.55 Å². The molecule has 4 N–H and O–H groups in total. The van der Waals surface area contributed by atoms with Gasteiger partial charge in [0.1, 0.15) is 11.6 Å². The van der Waals surface area contributed by atoms with Gasteiger partial charge in [0, 0.05) is 18.3 Å². The van der Waals surface area contributed by atoms with Crippen LogP contribution in [0.15, 0.2) is 53.5 Å². The number of hydrogen-bond acceptors (Lipinski definition) is 4. The van der Waals surface area contributed by atoms with Gasteiger partial charge in [-0.2, -0.15) is 18.2 Å².